The minimum atomic E-state index is -3.63. The fraction of sp³-hybridized carbons (Fsp3) is 0.381. The number of rotatable bonds is 5. The second-order valence-electron chi connectivity index (χ2n) is 7.39. The van der Waals surface area contributed by atoms with E-state index in [1.165, 1.54) is 4.31 Å². The molecule has 6 heteroatoms. The third-order valence-corrected chi connectivity index (χ3v) is 7.13. The summed E-state index contributed by atoms with van der Waals surface area (Å²) < 4.78 is 27.6. The van der Waals surface area contributed by atoms with Crippen molar-refractivity contribution in [2.24, 2.45) is 5.92 Å². The van der Waals surface area contributed by atoms with Crippen molar-refractivity contribution in [2.75, 3.05) is 7.05 Å². The SMILES string of the molecule is CC(C)C(=O)N1Cc2ccc(S(=O)(=O)N(C)C(C)c3ccccc3)cc2C1. The lowest BCUT2D eigenvalue weighted by Crippen LogP contribution is -2.30. The second kappa shape index (κ2) is 7.44. The predicted octanol–water partition coefficient (Wildman–Crippen LogP) is 3.57. The van der Waals surface area contributed by atoms with Gasteiger partial charge in [-0.25, -0.2) is 8.42 Å². The Kier molecular flexibility index (Phi) is 5.40. The monoisotopic (exact) mass is 386 g/mol. The quantitative estimate of drug-likeness (QED) is 0.789. The number of hydrogen-bond acceptors (Lipinski definition) is 3. The first-order chi connectivity index (χ1) is 12.7. The van der Waals surface area contributed by atoms with Gasteiger partial charge in [-0.1, -0.05) is 50.2 Å². The molecule has 0 fully saturated rings. The van der Waals surface area contributed by atoms with Gasteiger partial charge in [-0.3, -0.25) is 4.79 Å². The molecule has 0 saturated heterocycles. The molecule has 2 aromatic rings. The molecule has 0 saturated carbocycles. The van der Waals surface area contributed by atoms with Crippen LogP contribution in [-0.4, -0.2) is 30.6 Å². The van der Waals surface area contributed by atoms with Gasteiger partial charge in [0.15, 0.2) is 0 Å². The summed E-state index contributed by atoms with van der Waals surface area (Å²) in [4.78, 5) is 14.3. The molecule has 27 heavy (non-hydrogen) atoms. The van der Waals surface area contributed by atoms with E-state index in [0.717, 1.165) is 16.7 Å². The van der Waals surface area contributed by atoms with Crippen LogP contribution in [-0.2, 0) is 27.9 Å². The van der Waals surface area contributed by atoms with Gasteiger partial charge in [0.25, 0.3) is 0 Å². The zero-order valence-corrected chi connectivity index (χ0v) is 17.0. The van der Waals surface area contributed by atoms with Crippen LogP contribution in [0.5, 0.6) is 0 Å². The minimum Gasteiger partial charge on any atom is -0.334 e. The molecular weight excluding hydrogens is 360 g/mol. The van der Waals surface area contributed by atoms with Crippen molar-refractivity contribution in [1.29, 1.82) is 0 Å². The lowest BCUT2D eigenvalue weighted by molar-refractivity contribution is -0.135. The Morgan fingerprint density at radius 3 is 2.26 bits per heavy atom. The third-order valence-electron chi connectivity index (χ3n) is 5.21. The van der Waals surface area contributed by atoms with E-state index in [4.69, 9.17) is 0 Å². The molecule has 3 rings (SSSR count). The molecule has 2 aromatic carbocycles. The van der Waals surface area contributed by atoms with Crippen LogP contribution in [0, 0.1) is 5.92 Å². The molecule has 1 aliphatic rings. The highest BCUT2D eigenvalue weighted by atomic mass is 32.2. The first-order valence-electron chi connectivity index (χ1n) is 9.15. The molecule has 0 aromatic heterocycles. The molecule has 1 atom stereocenters. The summed E-state index contributed by atoms with van der Waals surface area (Å²) in [7, 11) is -2.03. The molecule has 5 nitrogen and oxygen atoms in total. The summed E-state index contributed by atoms with van der Waals surface area (Å²) in [5.74, 6) is 0.0193. The van der Waals surface area contributed by atoms with Crippen molar-refractivity contribution in [3.05, 3.63) is 65.2 Å². The van der Waals surface area contributed by atoms with Crippen LogP contribution in [0.25, 0.3) is 0 Å². The van der Waals surface area contributed by atoms with Gasteiger partial charge in [-0.2, -0.15) is 4.31 Å². The summed E-state index contributed by atoms with van der Waals surface area (Å²) in [6.45, 7) is 6.64. The van der Waals surface area contributed by atoms with Gasteiger partial charge in [-0.15, -0.1) is 0 Å². The zero-order chi connectivity index (χ0) is 19.8. The number of sulfonamides is 1. The Labute approximate surface area is 161 Å². The maximum Gasteiger partial charge on any atom is 0.243 e. The largest absolute Gasteiger partial charge is 0.334 e. The molecule has 144 valence electrons. The van der Waals surface area contributed by atoms with Gasteiger partial charge in [0.05, 0.1) is 4.90 Å². The average Bonchev–Trinajstić information content (AvgIpc) is 3.09. The van der Waals surface area contributed by atoms with Gasteiger partial charge in [0.2, 0.25) is 15.9 Å². The van der Waals surface area contributed by atoms with Gasteiger partial charge >= 0.3 is 0 Å². The molecule has 0 aliphatic carbocycles. The fourth-order valence-corrected chi connectivity index (χ4v) is 4.77. The molecule has 1 heterocycles. The summed E-state index contributed by atoms with van der Waals surface area (Å²) in [5.41, 5.74) is 2.87. The van der Waals surface area contributed by atoms with Crippen molar-refractivity contribution in [3.8, 4) is 0 Å². The lowest BCUT2D eigenvalue weighted by Gasteiger charge is -2.25. The molecule has 0 spiro atoms. The molecule has 1 unspecified atom stereocenters. The number of amides is 1. The van der Waals surface area contributed by atoms with Gasteiger partial charge in [0.1, 0.15) is 0 Å². The first-order valence-corrected chi connectivity index (χ1v) is 10.6. The van der Waals surface area contributed by atoms with Crippen LogP contribution in [0.4, 0.5) is 0 Å². The van der Waals surface area contributed by atoms with E-state index < -0.39 is 10.0 Å². The predicted molar refractivity (Wildman–Crippen MR) is 105 cm³/mol. The van der Waals surface area contributed by atoms with E-state index in [-0.39, 0.29) is 22.8 Å². The van der Waals surface area contributed by atoms with Crippen molar-refractivity contribution >= 4 is 15.9 Å². The Hall–Kier alpha value is -2.18. The van der Waals surface area contributed by atoms with Crippen molar-refractivity contribution in [2.45, 2.75) is 44.8 Å². The summed E-state index contributed by atoms with van der Waals surface area (Å²) in [6, 6.07) is 14.5. The molecule has 1 aliphatic heterocycles. The maximum absolute atomic E-state index is 13.1. The summed E-state index contributed by atoms with van der Waals surface area (Å²) in [5, 5.41) is 0. The number of fused-ring (bicyclic) bond motifs is 1. The van der Waals surface area contributed by atoms with E-state index >= 15 is 0 Å². The van der Waals surface area contributed by atoms with Crippen molar-refractivity contribution < 1.29 is 13.2 Å². The highest BCUT2D eigenvalue weighted by molar-refractivity contribution is 7.89. The maximum atomic E-state index is 13.1. The molecule has 0 bridgehead atoms. The third kappa shape index (κ3) is 3.77. The van der Waals surface area contributed by atoms with Crippen LogP contribution in [0.3, 0.4) is 0 Å². The van der Waals surface area contributed by atoms with Gasteiger partial charge < -0.3 is 4.90 Å². The number of carbonyl (C=O) groups excluding carboxylic acids is 1. The molecule has 1 amide bonds. The van der Waals surface area contributed by atoms with Crippen LogP contribution in [0.2, 0.25) is 0 Å². The van der Waals surface area contributed by atoms with Crippen molar-refractivity contribution in [3.63, 3.8) is 0 Å². The summed E-state index contributed by atoms with van der Waals surface area (Å²) >= 11 is 0. The normalized spacial score (nSPS) is 15.3. The Morgan fingerprint density at radius 2 is 1.63 bits per heavy atom. The number of carbonyl (C=O) groups is 1. The number of nitrogens with zero attached hydrogens (tertiary/aromatic N) is 2. The van der Waals surface area contributed by atoms with E-state index in [1.54, 1.807) is 24.1 Å². The molecular formula is C21H26N2O3S. The smallest absolute Gasteiger partial charge is 0.243 e. The number of benzene rings is 2. The van der Waals surface area contributed by atoms with Gasteiger partial charge in [-0.05, 0) is 35.7 Å². The second-order valence-corrected chi connectivity index (χ2v) is 9.38. The van der Waals surface area contributed by atoms with Crippen LogP contribution < -0.4 is 0 Å². The van der Waals surface area contributed by atoms with Crippen LogP contribution in [0.1, 0.15) is 43.5 Å². The van der Waals surface area contributed by atoms with Crippen LogP contribution >= 0.6 is 0 Å². The average molecular weight is 387 g/mol. The molecule has 0 radical (unpaired) electrons. The fourth-order valence-electron chi connectivity index (χ4n) is 3.37. The Bertz CT molecular complexity index is 939. The van der Waals surface area contributed by atoms with Crippen molar-refractivity contribution in [1.82, 2.24) is 9.21 Å². The van der Waals surface area contributed by atoms with E-state index in [0.29, 0.717) is 13.1 Å². The van der Waals surface area contributed by atoms with E-state index in [1.807, 2.05) is 57.2 Å². The lowest BCUT2D eigenvalue weighted by atomic mass is 10.1. The van der Waals surface area contributed by atoms with E-state index in [2.05, 4.69) is 0 Å². The van der Waals surface area contributed by atoms with Crippen LogP contribution in [0.15, 0.2) is 53.4 Å². The number of hydrogen-bond donors (Lipinski definition) is 0. The van der Waals surface area contributed by atoms with E-state index in [9.17, 15) is 13.2 Å². The standard InChI is InChI=1S/C21H26N2O3S/c1-15(2)21(24)23-13-18-10-11-20(12-19(18)14-23)27(25,26)22(4)16(3)17-8-6-5-7-9-17/h5-12,15-16H,13-14H2,1-4H3. The highest BCUT2D eigenvalue weighted by Crippen LogP contribution is 2.30. The summed E-state index contributed by atoms with van der Waals surface area (Å²) in [6.07, 6.45) is 0. The zero-order valence-electron chi connectivity index (χ0n) is 16.2. The topological polar surface area (TPSA) is 57.7 Å². The molecule has 0 N–H and O–H groups in total. The first kappa shape index (κ1) is 19.6. The van der Waals surface area contributed by atoms with Gasteiger partial charge in [0, 0.05) is 32.1 Å². The Balaban J connectivity index is 1.85. The Morgan fingerprint density at radius 1 is 1.00 bits per heavy atom. The highest BCUT2D eigenvalue weighted by Gasteiger charge is 2.30. The minimum absolute atomic E-state index is 0.0691.